The van der Waals surface area contributed by atoms with Gasteiger partial charge in [0.1, 0.15) is 11.6 Å². The van der Waals surface area contributed by atoms with Crippen LogP contribution in [0.3, 0.4) is 0 Å². The molecule has 1 N–H and O–H groups in total. The summed E-state index contributed by atoms with van der Waals surface area (Å²) in [6.07, 6.45) is 0. The van der Waals surface area contributed by atoms with Crippen LogP contribution in [-0.2, 0) is 6.54 Å². The summed E-state index contributed by atoms with van der Waals surface area (Å²) in [5, 5.41) is 16.5. The van der Waals surface area contributed by atoms with E-state index in [-0.39, 0.29) is 36.1 Å². The van der Waals surface area contributed by atoms with Gasteiger partial charge >= 0.3 is 0 Å². The van der Waals surface area contributed by atoms with Crippen LogP contribution < -0.4 is 29.2 Å². The van der Waals surface area contributed by atoms with Gasteiger partial charge in [-0.3, -0.25) is 9.59 Å². The summed E-state index contributed by atoms with van der Waals surface area (Å²) in [5.74, 6) is 0.237. The van der Waals surface area contributed by atoms with E-state index in [1.165, 1.54) is 12.1 Å². The Bertz CT molecular complexity index is 1850. The smallest absolute Gasteiger partial charge is 0.266 e. The molecular formula is C31H20N4O6S. The summed E-state index contributed by atoms with van der Waals surface area (Å²) in [6.45, 7) is 0.486. The van der Waals surface area contributed by atoms with Crippen LogP contribution in [0.2, 0.25) is 0 Å². The van der Waals surface area contributed by atoms with E-state index in [9.17, 15) is 14.9 Å². The highest BCUT2D eigenvalue weighted by Gasteiger charge is 2.33. The number of amides is 2. The zero-order valence-corrected chi connectivity index (χ0v) is 22.6. The second-order valence-electron chi connectivity index (χ2n) is 9.33. The van der Waals surface area contributed by atoms with E-state index in [4.69, 9.17) is 23.9 Å². The van der Waals surface area contributed by atoms with Crippen molar-refractivity contribution in [3.05, 3.63) is 99.7 Å². The summed E-state index contributed by atoms with van der Waals surface area (Å²) in [4.78, 5) is 35.2. The van der Waals surface area contributed by atoms with Crippen LogP contribution in [0.5, 0.6) is 23.0 Å². The largest absolute Gasteiger partial charge is 0.454 e. The van der Waals surface area contributed by atoms with Gasteiger partial charge in [-0.05, 0) is 53.9 Å². The average molecular weight is 577 g/mol. The molecule has 2 aromatic heterocycles. The van der Waals surface area contributed by atoms with Gasteiger partial charge in [0.25, 0.3) is 11.8 Å². The molecule has 0 fully saturated rings. The van der Waals surface area contributed by atoms with Gasteiger partial charge in [-0.1, -0.05) is 24.3 Å². The van der Waals surface area contributed by atoms with Gasteiger partial charge in [-0.25, -0.2) is 9.88 Å². The van der Waals surface area contributed by atoms with Crippen LogP contribution in [0.25, 0.3) is 10.9 Å². The summed E-state index contributed by atoms with van der Waals surface area (Å²) in [6, 6.07) is 22.7. The number of hydrogen-bond acceptors (Lipinski definition) is 10. The predicted molar refractivity (Wildman–Crippen MR) is 154 cm³/mol. The topological polar surface area (TPSA) is 123 Å². The SMILES string of the molecule is N#Cc1c(N(C(=O)c2ccc3c(c2)OCO3)C(=O)c2ccc3c(c2)OCO3)nc2ccccc2c1NCc1cccs1. The molecule has 0 saturated heterocycles. The molecule has 0 radical (unpaired) electrons. The van der Waals surface area contributed by atoms with Crippen LogP contribution >= 0.6 is 11.3 Å². The Morgan fingerprint density at radius 2 is 1.50 bits per heavy atom. The lowest BCUT2D eigenvalue weighted by atomic mass is 10.1. The Hall–Kier alpha value is -5.60. The number of pyridine rings is 1. The minimum atomic E-state index is -0.695. The minimum Gasteiger partial charge on any atom is -0.454 e. The van der Waals surface area contributed by atoms with Crippen molar-refractivity contribution in [3.63, 3.8) is 0 Å². The molecule has 2 amide bonds. The van der Waals surface area contributed by atoms with E-state index in [1.807, 2.05) is 29.6 Å². The number of benzene rings is 3. The van der Waals surface area contributed by atoms with Crippen molar-refractivity contribution in [2.45, 2.75) is 6.54 Å². The number of para-hydroxylation sites is 1. The molecule has 5 aromatic rings. The van der Waals surface area contributed by atoms with Crippen molar-refractivity contribution < 1.29 is 28.5 Å². The van der Waals surface area contributed by atoms with Crippen molar-refractivity contribution in [3.8, 4) is 29.1 Å². The van der Waals surface area contributed by atoms with Gasteiger partial charge in [0, 0.05) is 27.9 Å². The third-order valence-corrected chi connectivity index (χ3v) is 7.74. The molecule has 206 valence electrons. The molecule has 0 aliphatic carbocycles. The third-order valence-electron chi connectivity index (χ3n) is 6.86. The summed E-state index contributed by atoms with van der Waals surface area (Å²) in [5.41, 5.74) is 1.32. The summed E-state index contributed by atoms with van der Waals surface area (Å²) < 4.78 is 21.7. The Labute approximate surface area is 243 Å². The Balaban J connectivity index is 1.40. The first-order valence-corrected chi connectivity index (χ1v) is 13.8. The van der Waals surface area contributed by atoms with Crippen LogP contribution in [-0.4, -0.2) is 30.4 Å². The molecule has 0 bridgehead atoms. The minimum absolute atomic E-state index is 0.0247. The van der Waals surface area contributed by atoms with Gasteiger partial charge in [-0.2, -0.15) is 5.26 Å². The quantitative estimate of drug-likeness (QED) is 0.253. The first kappa shape index (κ1) is 25.4. The van der Waals surface area contributed by atoms with Gasteiger partial charge in [0.2, 0.25) is 13.6 Å². The zero-order chi connectivity index (χ0) is 28.6. The van der Waals surface area contributed by atoms with Crippen LogP contribution in [0.1, 0.15) is 31.2 Å². The van der Waals surface area contributed by atoms with Gasteiger partial charge in [0.15, 0.2) is 28.8 Å². The third kappa shape index (κ3) is 4.40. The number of nitriles is 1. The highest BCUT2D eigenvalue weighted by Crippen LogP contribution is 2.38. The number of nitrogens with zero attached hydrogens (tertiary/aromatic N) is 3. The number of thiophene rings is 1. The predicted octanol–water partition coefficient (Wildman–Crippen LogP) is 5.72. The van der Waals surface area contributed by atoms with E-state index in [1.54, 1.807) is 47.7 Å². The zero-order valence-electron chi connectivity index (χ0n) is 21.8. The number of anilines is 2. The van der Waals surface area contributed by atoms with E-state index >= 15 is 0 Å². The fourth-order valence-corrected chi connectivity index (χ4v) is 5.49. The number of ether oxygens (including phenoxy) is 4. The number of nitrogens with one attached hydrogen (secondary N) is 1. The first-order valence-electron chi connectivity index (χ1n) is 12.9. The maximum atomic E-state index is 14.2. The Kier molecular flexibility index (Phi) is 6.30. The van der Waals surface area contributed by atoms with Crippen molar-refractivity contribution in [1.82, 2.24) is 4.98 Å². The van der Waals surface area contributed by atoms with Crippen LogP contribution in [0, 0.1) is 11.3 Å². The normalized spacial score (nSPS) is 12.6. The molecule has 3 aromatic carbocycles. The molecule has 2 aliphatic heterocycles. The van der Waals surface area contributed by atoms with Gasteiger partial charge in [-0.15, -0.1) is 11.3 Å². The summed E-state index contributed by atoms with van der Waals surface area (Å²) in [7, 11) is 0. The van der Waals surface area contributed by atoms with Crippen molar-refractivity contribution >= 4 is 45.6 Å². The first-order chi connectivity index (χ1) is 20.6. The molecule has 4 heterocycles. The molecule has 0 saturated carbocycles. The maximum Gasteiger partial charge on any atom is 0.266 e. The average Bonchev–Trinajstić information content (AvgIpc) is 3.81. The molecule has 42 heavy (non-hydrogen) atoms. The van der Waals surface area contributed by atoms with Gasteiger partial charge in [0.05, 0.1) is 11.2 Å². The van der Waals surface area contributed by atoms with Crippen molar-refractivity contribution in [1.29, 1.82) is 5.26 Å². The fraction of sp³-hybridized carbons (Fsp3) is 0.0968. The number of carbonyl (C=O) groups is 2. The summed E-state index contributed by atoms with van der Waals surface area (Å²) >= 11 is 1.57. The molecule has 0 atom stereocenters. The molecule has 11 heteroatoms. The van der Waals surface area contributed by atoms with E-state index in [2.05, 4.69) is 11.4 Å². The lowest BCUT2D eigenvalue weighted by Crippen LogP contribution is -2.38. The number of rotatable bonds is 6. The molecular weight excluding hydrogens is 556 g/mol. The monoisotopic (exact) mass is 576 g/mol. The van der Waals surface area contributed by atoms with E-state index < -0.39 is 11.8 Å². The number of hydrogen-bond donors (Lipinski definition) is 1. The highest BCUT2D eigenvalue weighted by atomic mass is 32.1. The maximum absolute atomic E-state index is 14.2. The molecule has 2 aliphatic rings. The molecule has 10 nitrogen and oxygen atoms in total. The lowest BCUT2D eigenvalue weighted by molar-refractivity contribution is 0.0896. The molecule has 0 spiro atoms. The second-order valence-corrected chi connectivity index (χ2v) is 10.4. The lowest BCUT2D eigenvalue weighted by Gasteiger charge is -2.24. The van der Waals surface area contributed by atoms with Crippen molar-refractivity contribution in [2.75, 3.05) is 23.8 Å². The molecule has 0 unspecified atom stereocenters. The van der Waals surface area contributed by atoms with Crippen LogP contribution in [0.15, 0.2) is 78.2 Å². The highest BCUT2D eigenvalue weighted by molar-refractivity contribution is 7.09. The number of imide groups is 1. The van der Waals surface area contributed by atoms with E-state index in [0.717, 1.165) is 9.78 Å². The standard InChI is InChI=1S/C31H20N4O6S/c32-14-22-28(33-15-20-4-3-11-42-20)21-5-1-2-6-23(21)34-29(22)35(30(36)18-7-9-24-26(12-18)40-16-38-24)31(37)19-8-10-25-27(13-19)41-17-39-25/h1-13H,15-17H2,(H,33,34). The molecule has 7 rings (SSSR count). The van der Waals surface area contributed by atoms with Gasteiger partial charge < -0.3 is 24.3 Å². The number of fused-ring (bicyclic) bond motifs is 3. The van der Waals surface area contributed by atoms with Crippen LogP contribution in [0.4, 0.5) is 11.5 Å². The van der Waals surface area contributed by atoms with Crippen molar-refractivity contribution in [2.24, 2.45) is 0 Å². The Morgan fingerprint density at radius 3 is 2.12 bits per heavy atom. The number of carbonyl (C=O) groups excluding carboxylic acids is 2. The Morgan fingerprint density at radius 1 is 0.857 bits per heavy atom. The second kappa shape index (κ2) is 10.4. The van der Waals surface area contributed by atoms with E-state index in [0.29, 0.717) is 46.1 Å². The fourth-order valence-electron chi connectivity index (χ4n) is 4.84. The number of aromatic nitrogens is 1.